The maximum Gasteiger partial charge on any atom is 0.166 e. The number of methoxy groups -OCH3 is 2. The summed E-state index contributed by atoms with van der Waals surface area (Å²) in [5.74, 6) is 0.589. The van der Waals surface area contributed by atoms with E-state index >= 15 is 0 Å². The number of hydrogen-bond donors (Lipinski definition) is 0. The summed E-state index contributed by atoms with van der Waals surface area (Å²) in [6.07, 6.45) is 5.32. The number of ketones is 1. The Morgan fingerprint density at radius 3 is 2.74 bits per heavy atom. The monoisotopic (exact) mass is 463 g/mol. The quantitative estimate of drug-likeness (QED) is 0.362. The molecule has 2 aromatic heterocycles. The van der Waals surface area contributed by atoms with E-state index in [4.69, 9.17) is 9.47 Å². The van der Waals surface area contributed by atoms with Crippen molar-refractivity contribution in [2.45, 2.75) is 57.7 Å². The zero-order valence-electron chi connectivity index (χ0n) is 20.1. The molecule has 0 unspecified atom stereocenters. The highest BCUT2D eigenvalue weighted by molar-refractivity contribution is 6.01. The first kappa shape index (κ1) is 23.9. The van der Waals surface area contributed by atoms with Crippen LogP contribution in [0.4, 0.5) is 4.39 Å². The molecule has 0 bridgehead atoms. The van der Waals surface area contributed by atoms with Crippen molar-refractivity contribution in [1.29, 1.82) is 5.26 Å². The standard InChI is InChI=1S/C27H30FN3O3/c1-27(2,16-29)20-8-9-23-21(13-30-31(23)14-20)18-10-19(15-33-3)26(25(12-18)34-4)24(32)7-5-6-17-11-22(17)28/h8-10,12-14,17,22H,5-7,11,15H2,1-4H3/t17-,22+/m1/s1. The van der Waals surface area contributed by atoms with Crippen LogP contribution in [0.3, 0.4) is 0 Å². The van der Waals surface area contributed by atoms with Gasteiger partial charge in [0.15, 0.2) is 5.78 Å². The minimum atomic E-state index is -0.694. The number of hydrogen-bond acceptors (Lipinski definition) is 5. The number of ether oxygens (including phenoxy) is 2. The van der Waals surface area contributed by atoms with E-state index < -0.39 is 11.6 Å². The van der Waals surface area contributed by atoms with E-state index in [0.717, 1.165) is 34.2 Å². The van der Waals surface area contributed by atoms with Gasteiger partial charge in [0.2, 0.25) is 0 Å². The molecule has 0 radical (unpaired) electrons. The molecule has 1 aliphatic rings. The van der Waals surface area contributed by atoms with Crippen LogP contribution in [0, 0.1) is 17.2 Å². The summed E-state index contributed by atoms with van der Waals surface area (Å²) >= 11 is 0. The van der Waals surface area contributed by atoms with Gasteiger partial charge < -0.3 is 9.47 Å². The normalized spacial score (nSPS) is 17.5. The molecule has 2 atom stereocenters. The number of carbonyl (C=O) groups excluding carboxylic acids is 1. The molecule has 0 spiro atoms. The zero-order valence-corrected chi connectivity index (χ0v) is 20.1. The lowest BCUT2D eigenvalue weighted by Crippen LogP contribution is -2.14. The number of nitriles is 1. The molecule has 1 aromatic carbocycles. The Labute approximate surface area is 199 Å². The number of benzene rings is 1. The predicted octanol–water partition coefficient (Wildman–Crippen LogP) is 5.67. The van der Waals surface area contributed by atoms with E-state index in [9.17, 15) is 14.4 Å². The lowest BCUT2D eigenvalue weighted by molar-refractivity contribution is 0.0970. The molecule has 178 valence electrons. The Balaban J connectivity index is 1.68. The topological polar surface area (TPSA) is 76.6 Å². The fourth-order valence-corrected chi connectivity index (χ4v) is 4.38. The maximum atomic E-state index is 13.2. The van der Waals surface area contributed by atoms with Crippen molar-refractivity contribution in [3.63, 3.8) is 0 Å². The van der Waals surface area contributed by atoms with Crippen molar-refractivity contribution in [2.75, 3.05) is 14.2 Å². The number of alkyl halides is 1. The van der Waals surface area contributed by atoms with E-state index in [1.165, 1.54) is 0 Å². The van der Waals surface area contributed by atoms with Crippen LogP contribution in [0.5, 0.6) is 5.75 Å². The highest BCUT2D eigenvalue weighted by Crippen LogP contribution is 2.39. The molecule has 0 amide bonds. The summed E-state index contributed by atoms with van der Waals surface area (Å²) in [6, 6.07) is 10.0. The third-order valence-corrected chi connectivity index (χ3v) is 6.63. The van der Waals surface area contributed by atoms with Gasteiger partial charge in [-0.15, -0.1) is 0 Å². The minimum Gasteiger partial charge on any atom is -0.496 e. The Kier molecular flexibility index (Phi) is 6.72. The van der Waals surface area contributed by atoms with Crippen LogP contribution in [-0.4, -0.2) is 35.8 Å². The number of carbonyl (C=O) groups is 1. The Morgan fingerprint density at radius 1 is 1.32 bits per heavy atom. The van der Waals surface area contributed by atoms with Gasteiger partial charge in [-0.2, -0.15) is 10.4 Å². The van der Waals surface area contributed by atoms with Gasteiger partial charge in [-0.3, -0.25) is 4.79 Å². The van der Waals surface area contributed by atoms with Gasteiger partial charge in [0.25, 0.3) is 0 Å². The number of fused-ring (bicyclic) bond motifs is 1. The average molecular weight is 464 g/mol. The Morgan fingerprint density at radius 2 is 2.09 bits per heavy atom. The highest BCUT2D eigenvalue weighted by atomic mass is 19.1. The summed E-state index contributed by atoms with van der Waals surface area (Å²) < 4.78 is 26.0. The van der Waals surface area contributed by atoms with Crippen LogP contribution in [-0.2, 0) is 16.8 Å². The zero-order chi connectivity index (χ0) is 24.5. The molecule has 3 aromatic rings. The maximum absolute atomic E-state index is 13.2. The van der Waals surface area contributed by atoms with Crippen molar-refractivity contribution in [2.24, 2.45) is 5.92 Å². The van der Waals surface area contributed by atoms with E-state index in [0.29, 0.717) is 30.6 Å². The van der Waals surface area contributed by atoms with E-state index in [1.54, 1.807) is 24.9 Å². The van der Waals surface area contributed by atoms with Crippen LogP contribution in [0.15, 0.2) is 36.7 Å². The number of pyridine rings is 1. The molecule has 7 heteroatoms. The van der Waals surface area contributed by atoms with Crippen molar-refractivity contribution < 1.29 is 18.7 Å². The fraction of sp³-hybridized carbons (Fsp3) is 0.444. The van der Waals surface area contributed by atoms with Crippen LogP contribution in [0.25, 0.3) is 16.6 Å². The number of Topliss-reactive ketones (excluding diaryl/α,β-unsaturated/α-hetero) is 1. The molecular formula is C27H30FN3O3. The highest BCUT2D eigenvalue weighted by Gasteiger charge is 2.36. The van der Waals surface area contributed by atoms with Gasteiger partial charge >= 0.3 is 0 Å². The average Bonchev–Trinajstić information content (AvgIpc) is 3.36. The lowest BCUT2D eigenvalue weighted by Gasteiger charge is -2.16. The molecular weight excluding hydrogens is 433 g/mol. The Bertz CT molecular complexity index is 1260. The molecule has 2 heterocycles. The number of nitrogens with zero attached hydrogens (tertiary/aromatic N) is 3. The van der Waals surface area contributed by atoms with Gasteiger partial charge in [-0.05, 0) is 73.9 Å². The summed E-state index contributed by atoms with van der Waals surface area (Å²) in [6.45, 7) is 4.01. The van der Waals surface area contributed by atoms with Gasteiger partial charge in [0.1, 0.15) is 11.9 Å². The van der Waals surface area contributed by atoms with Crippen molar-refractivity contribution >= 4 is 11.3 Å². The van der Waals surface area contributed by atoms with Gasteiger partial charge in [0.05, 0.1) is 42.5 Å². The molecule has 6 nitrogen and oxygen atoms in total. The van der Waals surface area contributed by atoms with Crippen molar-refractivity contribution in [3.8, 4) is 22.9 Å². The SMILES string of the molecule is COCc1cc(-c2cnn3cc(C(C)(C)C#N)ccc23)cc(OC)c1C(=O)CCC[C@@H]1C[C@@H]1F. The summed E-state index contributed by atoms with van der Waals surface area (Å²) in [7, 11) is 3.15. The molecule has 1 fully saturated rings. The van der Waals surface area contributed by atoms with Crippen LogP contribution in [0.1, 0.15) is 61.0 Å². The van der Waals surface area contributed by atoms with Gasteiger partial charge in [-0.1, -0.05) is 6.07 Å². The second-order valence-electron chi connectivity index (χ2n) is 9.52. The van der Waals surface area contributed by atoms with Crippen LogP contribution in [0.2, 0.25) is 0 Å². The van der Waals surface area contributed by atoms with Crippen LogP contribution >= 0.6 is 0 Å². The summed E-state index contributed by atoms with van der Waals surface area (Å²) in [4.78, 5) is 13.1. The second kappa shape index (κ2) is 9.55. The summed E-state index contributed by atoms with van der Waals surface area (Å²) in [5.41, 5.74) is 4.16. The minimum absolute atomic E-state index is 0.0188. The lowest BCUT2D eigenvalue weighted by atomic mass is 9.87. The van der Waals surface area contributed by atoms with Crippen LogP contribution < -0.4 is 4.74 Å². The van der Waals surface area contributed by atoms with Gasteiger partial charge in [-0.25, -0.2) is 8.91 Å². The fourth-order valence-electron chi connectivity index (χ4n) is 4.38. The third kappa shape index (κ3) is 4.69. The second-order valence-corrected chi connectivity index (χ2v) is 9.52. The predicted molar refractivity (Wildman–Crippen MR) is 128 cm³/mol. The van der Waals surface area contributed by atoms with Crippen molar-refractivity contribution in [1.82, 2.24) is 9.61 Å². The van der Waals surface area contributed by atoms with E-state index in [1.807, 2.05) is 44.3 Å². The molecule has 1 aliphatic carbocycles. The largest absolute Gasteiger partial charge is 0.496 e. The van der Waals surface area contributed by atoms with Gasteiger partial charge in [0, 0.05) is 25.3 Å². The third-order valence-electron chi connectivity index (χ3n) is 6.63. The van der Waals surface area contributed by atoms with E-state index in [-0.39, 0.29) is 18.3 Å². The first-order valence-corrected chi connectivity index (χ1v) is 11.6. The molecule has 34 heavy (non-hydrogen) atoms. The Hall–Kier alpha value is -3.24. The molecule has 0 aliphatic heterocycles. The molecule has 4 rings (SSSR count). The molecule has 0 saturated heterocycles. The van der Waals surface area contributed by atoms with E-state index in [2.05, 4.69) is 11.2 Å². The molecule has 1 saturated carbocycles. The number of halogens is 1. The molecule has 0 N–H and O–H groups in total. The number of rotatable bonds is 10. The number of aromatic nitrogens is 2. The first-order chi connectivity index (χ1) is 16.3. The smallest absolute Gasteiger partial charge is 0.166 e. The first-order valence-electron chi connectivity index (χ1n) is 11.6. The van der Waals surface area contributed by atoms with Crippen molar-refractivity contribution in [3.05, 3.63) is 53.3 Å². The summed E-state index contributed by atoms with van der Waals surface area (Å²) in [5, 5.41) is 14.0.